The first-order valence-corrected chi connectivity index (χ1v) is 5.67. The van der Waals surface area contributed by atoms with Crippen molar-refractivity contribution in [2.24, 2.45) is 5.73 Å². The number of rotatable bonds is 7. The topological polar surface area (TPSA) is 44.5 Å². The monoisotopic (exact) mass is 223 g/mol. The fourth-order valence-electron chi connectivity index (χ4n) is 1.36. The van der Waals surface area contributed by atoms with Crippen molar-refractivity contribution in [1.82, 2.24) is 0 Å². The van der Waals surface area contributed by atoms with Gasteiger partial charge in [0.25, 0.3) is 0 Å². The molecule has 0 aliphatic heterocycles. The summed E-state index contributed by atoms with van der Waals surface area (Å²) in [6.07, 6.45) is 1.04. The molecule has 0 aliphatic rings. The van der Waals surface area contributed by atoms with Gasteiger partial charge in [-0.2, -0.15) is 0 Å². The van der Waals surface area contributed by atoms with Crippen LogP contribution in [0.3, 0.4) is 0 Å². The van der Waals surface area contributed by atoms with Crippen molar-refractivity contribution >= 4 is 0 Å². The first kappa shape index (κ1) is 13.2. The van der Waals surface area contributed by atoms with E-state index in [2.05, 4.69) is 12.1 Å². The predicted molar refractivity (Wildman–Crippen MR) is 65.2 cm³/mol. The lowest BCUT2D eigenvalue weighted by Gasteiger charge is -2.13. The Balaban J connectivity index is 2.14. The minimum absolute atomic E-state index is 0.0261. The van der Waals surface area contributed by atoms with Crippen molar-refractivity contribution in [2.75, 3.05) is 13.4 Å². The SMILES string of the molecule is CC(C)OCOC[C@@H](N)Cc1ccccc1. The van der Waals surface area contributed by atoms with Crippen LogP contribution in [0.15, 0.2) is 30.3 Å². The normalized spacial score (nSPS) is 13.0. The van der Waals surface area contributed by atoms with Crippen molar-refractivity contribution in [1.29, 1.82) is 0 Å². The molecule has 3 nitrogen and oxygen atoms in total. The second-order valence-corrected chi connectivity index (χ2v) is 4.15. The van der Waals surface area contributed by atoms with Gasteiger partial charge in [0.1, 0.15) is 6.79 Å². The van der Waals surface area contributed by atoms with Gasteiger partial charge in [-0.05, 0) is 25.8 Å². The molecule has 0 bridgehead atoms. The zero-order chi connectivity index (χ0) is 11.8. The molecule has 0 unspecified atom stereocenters. The summed E-state index contributed by atoms with van der Waals surface area (Å²) in [7, 11) is 0. The minimum atomic E-state index is 0.0261. The van der Waals surface area contributed by atoms with E-state index in [0.717, 1.165) is 6.42 Å². The van der Waals surface area contributed by atoms with E-state index in [9.17, 15) is 0 Å². The van der Waals surface area contributed by atoms with Crippen molar-refractivity contribution in [2.45, 2.75) is 32.4 Å². The lowest BCUT2D eigenvalue weighted by Crippen LogP contribution is -2.29. The summed E-state index contributed by atoms with van der Waals surface area (Å²) in [5.41, 5.74) is 7.18. The number of hydrogen-bond donors (Lipinski definition) is 1. The van der Waals surface area contributed by atoms with Gasteiger partial charge in [0.05, 0.1) is 12.7 Å². The minimum Gasteiger partial charge on any atom is -0.354 e. The molecule has 0 heterocycles. The highest BCUT2D eigenvalue weighted by atomic mass is 16.7. The smallest absolute Gasteiger partial charge is 0.147 e. The first-order valence-electron chi connectivity index (χ1n) is 5.67. The summed E-state index contributed by atoms with van der Waals surface area (Å²) in [6.45, 7) is 4.81. The largest absolute Gasteiger partial charge is 0.354 e. The molecule has 16 heavy (non-hydrogen) atoms. The average Bonchev–Trinajstić information content (AvgIpc) is 2.25. The molecule has 0 fully saturated rings. The van der Waals surface area contributed by atoms with E-state index in [0.29, 0.717) is 13.4 Å². The maximum Gasteiger partial charge on any atom is 0.147 e. The number of nitrogens with two attached hydrogens (primary N) is 1. The molecule has 0 radical (unpaired) electrons. The molecule has 0 spiro atoms. The maximum atomic E-state index is 5.94. The molecule has 1 aromatic rings. The van der Waals surface area contributed by atoms with Gasteiger partial charge in [0.15, 0.2) is 0 Å². The highest BCUT2D eigenvalue weighted by Crippen LogP contribution is 2.02. The Kier molecular flexibility index (Phi) is 6.08. The Hall–Kier alpha value is -0.900. The predicted octanol–water partition coefficient (Wildman–Crippen LogP) is 1.96. The Morgan fingerprint density at radius 2 is 1.88 bits per heavy atom. The van der Waals surface area contributed by atoms with Crippen LogP contribution in [0.4, 0.5) is 0 Å². The average molecular weight is 223 g/mol. The van der Waals surface area contributed by atoms with Crippen LogP contribution in [0.1, 0.15) is 19.4 Å². The van der Waals surface area contributed by atoms with Crippen molar-refractivity contribution in [3.63, 3.8) is 0 Å². The number of ether oxygens (including phenoxy) is 2. The first-order chi connectivity index (χ1) is 7.68. The van der Waals surface area contributed by atoms with Crippen LogP contribution >= 0.6 is 0 Å². The van der Waals surface area contributed by atoms with E-state index in [1.54, 1.807) is 0 Å². The molecule has 0 amide bonds. The summed E-state index contributed by atoms with van der Waals surface area (Å²) >= 11 is 0. The van der Waals surface area contributed by atoms with Gasteiger partial charge in [-0.1, -0.05) is 30.3 Å². The lowest BCUT2D eigenvalue weighted by atomic mass is 10.1. The van der Waals surface area contributed by atoms with Crippen LogP contribution in [0.25, 0.3) is 0 Å². The van der Waals surface area contributed by atoms with Gasteiger partial charge in [-0.25, -0.2) is 0 Å². The molecule has 0 aliphatic carbocycles. The van der Waals surface area contributed by atoms with E-state index in [1.807, 2.05) is 32.0 Å². The third-order valence-electron chi connectivity index (χ3n) is 2.16. The molecular weight excluding hydrogens is 202 g/mol. The molecule has 2 N–H and O–H groups in total. The van der Waals surface area contributed by atoms with Crippen LogP contribution in [-0.4, -0.2) is 25.5 Å². The molecular formula is C13H21NO2. The van der Waals surface area contributed by atoms with E-state index in [1.165, 1.54) is 5.56 Å². The van der Waals surface area contributed by atoms with Gasteiger partial charge in [-0.3, -0.25) is 0 Å². The van der Waals surface area contributed by atoms with Crippen molar-refractivity contribution in [3.05, 3.63) is 35.9 Å². The van der Waals surface area contributed by atoms with E-state index in [4.69, 9.17) is 15.2 Å². The molecule has 0 aromatic heterocycles. The molecule has 3 heteroatoms. The van der Waals surface area contributed by atoms with Gasteiger partial charge in [-0.15, -0.1) is 0 Å². The van der Waals surface area contributed by atoms with E-state index >= 15 is 0 Å². The van der Waals surface area contributed by atoms with Gasteiger partial charge in [0, 0.05) is 6.04 Å². The third-order valence-corrected chi connectivity index (χ3v) is 2.16. The van der Waals surface area contributed by atoms with Crippen LogP contribution in [0, 0.1) is 0 Å². The standard InChI is InChI=1S/C13H21NO2/c1-11(2)16-10-15-9-13(14)8-12-6-4-3-5-7-12/h3-7,11,13H,8-10,14H2,1-2H3/t13-/m0/s1. The zero-order valence-electron chi connectivity index (χ0n) is 10.1. The van der Waals surface area contributed by atoms with Gasteiger partial charge >= 0.3 is 0 Å². The summed E-state index contributed by atoms with van der Waals surface area (Å²) in [5.74, 6) is 0. The molecule has 1 aromatic carbocycles. The molecule has 90 valence electrons. The Labute approximate surface area is 97.6 Å². The molecule has 1 atom stereocenters. The van der Waals surface area contributed by atoms with Crippen LogP contribution < -0.4 is 5.73 Å². The maximum absolute atomic E-state index is 5.94. The summed E-state index contributed by atoms with van der Waals surface area (Å²) < 4.78 is 10.6. The highest BCUT2D eigenvalue weighted by Gasteiger charge is 2.04. The van der Waals surface area contributed by atoms with Gasteiger partial charge in [0.2, 0.25) is 0 Å². The van der Waals surface area contributed by atoms with E-state index < -0.39 is 0 Å². The van der Waals surface area contributed by atoms with Gasteiger partial charge < -0.3 is 15.2 Å². The Bertz CT molecular complexity index is 275. The fraction of sp³-hybridized carbons (Fsp3) is 0.538. The quantitative estimate of drug-likeness (QED) is 0.567. The fourth-order valence-corrected chi connectivity index (χ4v) is 1.36. The second kappa shape index (κ2) is 7.39. The summed E-state index contributed by atoms with van der Waals surface area (Å²) in [5, 5.41) is 0. The third kappa shape index (κ3) is 5.85. The van der Waals surface area contributed by atoms with Crippen molar-refractivity contribution < 1.29 is 9.47 Å². The van der Waals surface area contributed by atoms with E-state index in [-0.39, 0.29) is 12.1 Å². The van der Waals surface area contributed by atoms with Crippen LogP contribution in [0.2, 0.25) is 0 Å². The molecule has 0 saturated carbocycles. The lowest BCUT2D eigenvalue weighted by molar-refractivity contribution is -0.0813. The highest BCUT2D eigenvalue weighted by molar-refractivity contribution is 5.15. The zero-order valence-corrected chi connectivity index (χ0v) is 10.1. The second-order valence-electron chi connectivity index (χ2n) is 4.15. The summed E-state index contributed by atoms with van der Waals surface area (Å²) in [4.78, 5) is 0. The van der Waals surface area contributed by atoms with Crippen LogP contribution in [0.5, 0.6) is 0 Å². The number of benzene rings is 1. The molecule has 0 saturated heterocycles. The summed E-state index contributed by atoms with van der Waals surface area (Å²) in [6, 6.07) is 10.2. The van der Waals surface area contributed by atoms with Crippen molar-refractivity contribution in [3.8, 4) is 0 Å². The Morgan fingerprint density at radius 3 is 2.50 bits per heavy atom. The molecule has 1 rings (SSSR count). The number of hydrogen-bond acceptors (Lipinski definition) is 3. The Morgan fingerprint density at radius 1 is 1.19 bits per heavy atom. The van der Waals surface area contributed by atoms with Crippen LogP contribution in [-0.2, 0) is 15.9 Å².